The van der Waals surface area contributed by atoms with Crippen molar-refractivity contribution in [2.24, 2.45) is 0 Å². The first-order valence-electron chi connectivity index (χ1n) is 4.92. The Balaban J connectivity index is 1.97. The molecule has 0 saturated heterocycles. The third-order valence-corrected chi connectivity index (χ3v) is 2.46. The van der Waals surface area contributed by atoms with E-state index in [1.54, 1.807) is 6.20 Å². The van der Waals surface area contributed by atoms with E-state index >= 15 is 0 Å². The molecule has 0 bridgehead atoms. The predicted octanol–water partition coefficient (Wildman–Crippen LogP) is 1.89. The molecule has 82 valence electrons. The first-order valence-corrected chi connectivity index (χ1v) is 5.30. The molecule has 0 fully saturated rings. The van der Waals surface area contributed by atoms with Crippen molar-refractivity contribution in [3.05, 3.63) is 46.7 Å². The Morgan fingerprint density at radius 3 is 2.44 bits per heavy atom. The van der Waals surface area contributed by atoms with Crippen molar-refractivity contribution in [2.75, 3.05) is 5.73 Å². The highest BCUT2D eigenvalue weighted by molar-refractivity contribution is 6.30. The lowest BCUT2D eigenvalue weighted by Gasteiger charge is -2.00. The van der Waals surface area contributed by atoms with Crippen LogP contribution in [-0.2, 0) is 12.8 Å². The molecule has 2 rings (SSSR count). The molecule has 4 nitrogen and oxygen atoms in total. The van der Waals surface area contributed by atoms with Gasteiger partial charge in [-0.2, -0.15) is 5.10 Å². The molecule has 2 aromatic rings. The molecule has 0 saturated carbocycles. The summed E-state index contributed by atoms with van der Waals surface area (Å²) >= 11 is 5.80. The summed E-state index contributed by atoms with van der Waals surface area (Å²) < 4.78 is 0. The summed E-state index contributed by atoms with van der Waals surface area (Å²) in [5.41, 5.74) is 7.40. The highest BCUT2D eigenvalue weighted by Crippen LogP contribution is 2.11. The SMILES string of the molecule is Nc1ncc(CCc2ccc(Cl)cc2)nn1. The van der Waals surface area contributed by atoms with Crippen LogP contribution in [-0.4, -0.2) is 15.2 Å². The van der Waals surface area contributed by atoms with Crippen LogP contribution >= 0.6 is 11.6 Å². The van der Waals surface area contributed by atoms with Gasteiger partial charge in [0, 0.05) is 5.02 Å². The van der Waals surface area contributed by atoms with Gasteiger partial charge in [0.15, 0.2) is 0 Å². The smallest absolute Gasteiger partial charge is 0.240 e. The number of hydrogen-bond donors (Lipinski definition) is 1. The third-order valence-electron chi connectivity index (χ3n) is 2.21. The van der Waals surface area contributed by atoms with Gasteiger partial charge in [0.05, 0.1) is 11.9 Å². The van der Waals surface area contributed by atoms with E-state index < -0.39 is 0 Å². The van der Waals surface area contributed by atoms with Gasteiger partial charge in [-0.3, -0.25) is 0 Å². The van der Waals surface area contributed by atoms with Gasteiger partial charge in [0.25, 0.3) is 0 Å². The Morgan fingerprint density at radius 2 is 1.81 bits per heavy atom. The molecular formula is C11H11ClN4. The number of anilines is 1. The van der Waals surface area contributed by atoms with Crippen molar-refractivity contribution in [1.82, 2.24) is 15.2 Å². The highest BCUT2D eigenvalue weighted by Gasteiger charge is 1.98. The summed E-state index contributed by atoms with van der Waals surface area (Å²) in [6, 6.07) is 7.76. The standard InChI is InChI=1S/C11H11ClN4/c12-9-4-1-8(2-5-9)3-6-10-7-14-11(13)16-15-10/h1-2,4-5,7H,3,6H2,(H2,13,14,16). The molecule has 0 aliphatic rings. The maximum Gasteiger partial charge on any atom is 0.240 e. The fourth-order valence-corrected chi connectivity index (χ4v) is 1.47. The second kappa shape index (κ2) is 4.90. The summed E-state index contributed by atoms with van der Waals surface area (Å²) in [4.78, 5) is 3.89. The third kappa shape index (κ3) is 2.90. The van der Waals surface area contributed by atoms with Crippen LogP contribution in [0.4, 0.5) is 5.95 Å². The lowest BCUT2D eigenvalue weighted by atomic mass is 10.1. The Morgan fingerprint density at radius 1 is 1.06 bits per heavy atom. The Bertz CT molecular complexity index is 407. The normalized spacial score (nSPS) is 10.3. The first-order chi connectivity index (χ1) is 7.74. The lowest BCUT2D eigenvalue weighted by Crippen LogP contribution is -2.01. The summed E-state index contributed by atoms with van der Waals surface area (Å²) in [6.07, 6.45) is 3.33. The highest BCUT2D eigenvalue weighted by atomic mass is 35.5. The molecule has 5 heteroatoms. The number of nitrogens with two attached hydrogens (primary N) is 1. The van der Waals surface area contributed by atoms with Crippen molar-refractivity contribution in [3.63, 3.8) is 0 Å². The zero-order valence-electron chi connectivity index (χ0n) is 8.60. The number of nitrogens with zero attached hydrogens (tertiary/aromatic N) is 3. The van der Waals surface area contributed by atoms with Crippen LogP contribution in [0.1, 0.15) is 11.3 Å². The van der Waals surface area contributed by atoms with Gasteiger partial charge in [-0.25, -0.2) is 4.98 Å². The molecule has 0 unspecified atom stereocenters. The van der Waals surface area contributed by atoms with Crippen LogP contribution in [0.25, 0.3) is 0 Å². The Labute approximate surface area is 98.5 Å². The van der Waals surface area contributed by atoms with Gasteiger partial charge in [0.1, 0.15) is 0 Å². The first kappa shape index (κ1) is 10.8. The number of aryl methyl sites for hydroxylation is 2. The second-order valence-electron chi connectivity index (χ2n) is 3.43. The van der Waals surface area contributed by atoms with E-state index in [1.165, 1.54) is 5.56 Å². The average Bonchev–Trinajstić information content (AvgIpc) is 2.30. The van der Waals surface area contributed by atoms with E-state index in [4.69, 9.17) is 17.3 Å². The van der Waals surface area contributed by atoms with E-state index in [0.29, 0.717) is 0 Å². The Hall–Kier alpha value is -1.68. The van der Waals surface area contributed by atoms with E-state index in [9.17, 15) is 0 Å². The topological polar surface area (TPSA) is 64.7 Å². The monoisotopic (exact) mass is 234 g/mol. The van der Waals surface area contributed by atoms with Crippen LogP contribution in [0.3, 0.4) is 0 Å². The molecule has 1 heterocycles. The number of hydrogen-bond acceptors (Lipinski definition) is 4. The maximum absolute atomic E-state index is 5.80. The van der Waals surface area contributed by atoms with E-state index in [0.717, 1.165) is 23.6 Å². The van der Waals surface area contributed by atoms with Crippen molar-refractivity contribution < 1.29 is 0 Å². The predicted molar refractivity (Wildman–Crippen MR) is 63.1 cm³/mol. The molecule has 0 radical (unpaired) electrons. The van der Waals surface area contributed by atoms with Gasteiger partial charge < -0.3 is 5.73 Å². The molecule has 0 spiro atoms. The summed E-state index contributed by atoms with van der Waals surface area (Å²) in [6.45, 7) is 0. The molecule has 0 aliphatic carbocycles. The molecule has 1 aromatic carbocycles. The minimum absolute atomic E-state index is 0.204. The van der Waals surface area contributed by atoms with E-state index in [1.807, 2.05) is 24.3 Å². The van der Waals surface area contributed by atoms with Crippen LogP contribution in [0, 0.1) is 0 Å². The average molecular weight is 235 g/mol. The maximum atomic E-state index is 5.80. The van der Waals surface area contributed by atoms with E-state index in [2.05, 4.69) is 15.2 Å². The fourth-order valence-electron chi connectivity index (χ4n) is 1.35. The molecule has 0 aliphatic heterocycles. The van der Waals surface area contributed by atoms with Crippen LogP contribution < -0.4 is 5.73 Å². The number of aromatic nitrogens is 3. The molecular weight excluding hydrogens is 224 g/mol. The van der Waals surface area contributed by atoms with Gasteiger partial charge in [0.2, 0.25) is 5.95 Å². The number of benzene rings is 1. The summed E-state index contributed by atoms with van der Waals surface area (Å²) in [7, 11) is 0. The molecule has 0 atom stereocenters. The molecule has 0 amide bonds. The fraction of sp³-hybridized carbons (Fsp3) is 0.182. The van der Waals surface area contributed by atoms with E-state index in [-0.39, 0.29) is 5.95 Å². The van der Waals surface area contributed by atoms with Crippen molar-refractivity contribution in [1.29, 1.82) is 0 Å². The quantitative estimate of drug-likeness (QED) is 0.881. The minimum Gasteiger partial charge on any atom is -0.366 e. The van der Waals surface area contributed by atoms with Gasteiger partial charge >= 0.3 is 0 Å². The van der Waals surface area contributed by atoms with Gasteiger partial charge in [-0.15, -0.1) is 5.10 Å². The van der Waals surface area contributed by atoms with Crippen molar-refractivity contribution in [2.45, 2.75) is 12.8 Å². The largest absolute Gasteiger partial charge is 0.366 e. The van der Waals surface area contributed by atoms with Crippen LogP contribution in [0.2, 0.25) is 5.02 Å². The van der Waals surface area contributed by atoms with Crippen molar-refractivity contribution in [3.8, 4) is 0 Å². The molecule has 2 N–H and O–H groups in total. The summed E-state index contributed by atoms with van der Waals surface area (Å²) in [5, 5.41) is 8.40. The lowest BCUT2D eigenvalue weighted by molar-refractivity contribution is 0.839. The second-order valence-corrected chi connectivity index (χ2v) is 3.87. The molecule has 16 heavy (non-hydrogen) atoms. The van der Waals surface area contributed by atoms with Crippen molar-refractivity contribution >= 4 is 17.5 Å². The number of nitrogen functional groups attached to an aromatic ring is 1. The Kier molecular flexibility index (Phi) is 3.31. The zero-order chi connectivity index (χ0) is 11.4. The minimum atomic E-state index is 0.204. The summed E-state index contributed by atoms with van der Waals surface area (Å²) in [5.74, 6) is 0.204. The van der Waals surface area contributed by atoms with Crippen LogP contribution in [0.15, 0.2) is 30.5 Å². The van der Waals surface area contributed by atoms with Crippen LogP contribution in [0.5, 0.6) is 0 Å². The number of rotatable bonds is 3. The zero-order valence-corrected chi connectivity index (χ0v) is 9.35. The van der Waals surface area contributed by atoms with Gasteiger partial charge in [-0.05, 0) is 30.5 Å². The molecule has 1 aromatic heterocycles. The van der Waals surface area contributed by atoms with Gasteiger partial charge in [-0.1, -0.05) is 23.7 Å². The number of halogens is 1.